The van der Waals surface area contributed by atoms with Gasteiger partial charge in [0.05, 0.1) is 11.7 Å². The molecule has 11 heavy (non-hydrogen) atoms. The van der Waals surface area contributed by atoms with Gasteiger partial charge in [0.2, 0.25) is 0 Å². The number of hydrogen-bond acceptors (Lipinski definition) is 1. The topological polar surface area (TPSA) is 17.8 Å². The third-order valence-corrected chi connectivity index (χ3v) is 2.17. The number of hydrogen-bond donors (Lipinski definition) is 0. The van der Waals surface area contributed by atoms with Crippen molar-refractivity contribution in [3.63, 3.8) is 0 Å². The van der Waals surface area contributed by atoms with Crippen LogP contribution in [0.5, 0.6) is 0 Å². The first-order valence-corrected chi connectivity index (χ1v) is 4.13. The minimum absolute atomic E-state index is 0.885. The van der Waals surface area contributed by atoms with Crippen molar-refractivity contribution >= 4 is 26.8 Å². The molecule has 2 nitrogen and oxygen atoms in total. The molecule has 3 heteroatoms. The van der Waals surface area contributed by atoms with E-state index in [0.717, 1.165) is 10.1 Å². The lowest BCUT2D eigenvalue weighted by atomic mass is 10.3. The quantitative estimate of drug-likeness (QED) is 0.611. The molecule has 0 atom stereocenters. The minimum atomic E-state index is 0.885. The number of pyridine rings is 1. The summed E-state index contributed by atoms with van der Waals surface area (Å²) in [6.45, 7) is 0. The Bertz CT molecular complexity index is 392. The molecule has 2 aromatic heterocycles. The van der Waals surface area contributed by atoms with Crippen molar-refractivity contribution in [3.8, 4) is 0 Å². The second kappa shape index (κ2) is 2.34. The van der Waals surface area contributed by atoms with Crippen LogP contribution in [-0.4, -0.2) is 9.55 Å². The molecular formula is C8H7BrN2. The van der Waals surface area contributed by atoms with Crippen LogP contribution in [0, 0.1) is 0 Å². The van der Waals surface area contributed by atoms with Gasteiger partial charge in [0.25, 0.3) is 0 Å². The molecule has 56 valence electrons. The summed E-state index contributed by atoms with van der Waals surface area (Å²) in [6.07, 6.45) is 3.89. The van der Waals surface area contributed by atoms with E-state index in [4.69, 9.17) is 0 Å². The molecule has 0 aliphatic carbocycles. The summed E-state index contributed by atoms with van der Waals surface area (Å²) in [6, 6.07) is 4.08. The average Bonchev–Trinajstić information content (AvgIpc) is 2.32. The Labute approximate surface area is 73.0 Å². The molecule has 0 fully saturated rings. The Morgan fingerprint density at radius 1 is 1.55 bits per heavy atom. The highest BCUT2D eigenvalue weighted by atomic mass is 79.9. The predicted molar refractivity (Wildman–Crippen MR) is 48.4 cm³/mol. The van der Waals surface area contributed by atoms with Gasteiger partial charge in [-0.05, 0) is 28.1 Å². The molecule has 0 saturated carbocycles. The second-order valence-electron chi connectivity index (χ2n) is 2.49. The lowest BCUT2D eigenvalue weighted by molar-refractivity contribution is 0.964. The van der Waals surface area contributed by atoms with Gasteiger partial charge >= 0.3 is 0 Å². The standard InChI is InChI=1S/C8H7BrN2/c1-11-3-2-6-4-8(9)10-5-7(6)11/h2-5H,1H3. The van der Waals surface area contributed by atoms with E-state index in [1.807, 2.05) is 25.5 Å². The summed E-state index contributed by atoms with van der Waals surface area (Å²) in [5.41, 5.74) is 1.16. The molecule has 0 bridgehead atoms. The number of halogens is 1. The Balaban J connectivity index is 2.86. The van der Waals surface area contributed by atoms with E-state index in [0.29, 0.717) is 0 Å². The zero-order valence-corrected chi connectivity index (χ0v) is 7.67. The van der Waals surface area contributed by atoms with Crippen molar-refractivity contribution in [3.05, 3.63) is 29.1 Å². The smallest absolute Gasteiger partial charge is 0.106 e. The summed E-state index contributed by atoms with van der Waals surface area (Å²) in [7, 11) is 2.01. The highest BCUT2D eigenvalue weighted by Gasteiger charge is 1.97. The minimum Gasteiger partial charge on any atom is -0.349 e. The fourth-order valence-electron chi connectivity index (χ4n) is 1.14. The Hall–Kier alpha value is -0.830. The fourth-order valence-corrected chi connectivity index (χ4v) is 1.49. The van der Waals surface area contributed by atoms with E-state index < -0.39 is 0 Å². The van der Waals surface area contributed by atoms with Crippen LogP contribution in [0.25, 0.3) is 10.9 Å². The third kappa shape index (κ3) is 1.05. The summed E-state index contributed by atoms with van der Waals surface area (Å²) < 4.78 is 2.94. The van der Waals surface area contributed by atoms with E-state index in [1.165, 1.54) is 5.39 Å². The molecule has 0 radical (unpaired) electrons. The summed E-state index contributed by atoms with van der Waals surface area (Å²) in [5, 5.41) is 1.22. The summed E-state index contributed by atoms with van der Waals surface area (Å²) in [5.74, 6) is 0. The number of fused-ring (bicyclic) bond motifs is 1. The van der Waals surface area contributed by atoms with Gasteiger partial charge in [-0.1, -0.05) is 0 Å². The van der Waals surface area contributed by atoms with E-state index in [2.05, 4.69) is 31.5 Å². The zero-order valence-electron chi connectivity index (χ0n) is 6.08. The van der Waals surface area contributed by atoms with Crippen LogP contribution >= 0.6 is 15.9 Å². The molecule has 0 aliphatic heterocycles. The molecule has 0 aliphatic rings. The Morgan fingerprint density at radius 3 is 3.18 bits per heavy atom. The maximum atomic E-state index is 4.14. The van der Waals surface area contributed by atoms with Gasteiger partial charge in [0.15, 0.2) is 0 Å². The van der Waals surface area contributed by atoms with Crippen LogP contribution in [0.1, 0.15) is 0 Å². The average molecular weight is 211 g/mol. The number of nitrogens with zero attached hydrogens (tertiary/aromatic N) is 2. The van der Waals surface area contributed by atoms with Crippen LogP contribution in [0.3, 0.4) is 0 Å². The molecule has 2 rings (SSSR count). The van der Waals surface area contributed by atoms with Gasteiger partial charge in [-0.2, -0.15) is 0 Å². The maximum absolute atomic E-state index is 4.14. The molecule has 2 aromatic rings. The first-order valence-electron chi connectivity index (χ1n) is 3.34. The molecular weight excluding hydrogens is 204 g/mol. The van der Waals surface area contributed by atoms with E-state index >= 15 is 0 Å². The van der Waals surface area contributed by atoms with E-state index in [9.17, 15) is 0 Å². The number of aromatic nitrogens is 2. The van der Waals surface area contributed by atoms with Crippen molar-refractivity contribution in [2.75, 3.05) is 0 Å². The molecule has 0 N–H and O–H groups in total. The number of aryl methyl sites for hydroxylation is 1. The SMILES string of the molecule is Cn1ccc2cc(Br)ncc21. The zero-order chi connectivity index (χ0) is 7.84. The van der Waals surface area contributed by atoms with Gasteiger partial charge in [-0.15, -0.1) is 0 Å². The number of rotatable bonds is 0. The first-order chi connectivity index (χ1) is 5.27. The van der Waals surface area contributed by atoms with Gasteiger partial charge < -0.3 is 4.57 Å². The van der Waals surface area contributed by atoms with Gasteiger partial charge in [-0.3, -0.25) is 0 Å². The van der Waals surface area contributed by atoms with Crippen LogP contribution in [0.4, 0.5) is 0 Å². The van der Waals surface area contributed by atoms with E-state index in [-0.39, 0.29) is 0 Å². The molecule has 0 unspecified atom stereocenters. The van der Waals surface area contributed by atoms with Gasteiger partial charge in [-0.25, -0.2) is 4.98 Å². The normalized spacial score (nSPS) is 10.7. The highest BCUT2D eigenvalue weighted by Crippen LogP contribution is 2.16. The van der Waals surface area contributed by atoms with Crippen molar-refractivity contribution in [2.45, 2.75) is 0 Å². The van der Waals surface area contributed by atoms with Crippen LogP contribution in [-0.2, 0) is 7.05 Å². The molecule has 0 aromatic carbocycles. The third-order valence-electron chi connectivity index (χ3n) is 1.74. The highest BCUT2D eigenvalue weighted by molar-refractivity contribution is 9.10. The lowest BCUT2D eigenvalue weighted by Gasteiger charge is -1.94. The van der Waals surface area contributed by atoms with Gasteiger partial charge in [0, 0.05) is 18.6 Å². The summed E-state index contributed by atoms with van der Waals surface area (Å²) >= 11 is 3.32. The lowest BCUT2D eigenvalue weighted by Crippen LogP contribution is -1.84. The maximum Gasteiger partial charge on any atom is 0.106 e. The molecule has 0 spiro atoms. The molecule has 0 saturated heterocycles. The van der Waals surface area contributed by atoms with Crippen LogP contribution in [0.15, 0.2) is 29.1 Å². The van der Waals surface area contributed by atoms with Crippen molar-refractivity contribution in [2.24, 2.45) is 7.05 Å². The monoisotopic (exact) mass is 210 g/mol. The van der Waals surface area contributed by atoms with Crippen molar-refractivity contribution < 1.29 is 0 Å². The largest absolute Gasteiger partial charge is 0.349 e. The van der Waals surface area contributed by atoms with E-state index in [1.54, 1.807) is 0 Å². The Kier molecular flexibility index (Phi) is 1.46. The van der Waals surface area contributed by atoms with Gasteiger partial charge in [0.1, 0.15) is 4.60 Å². The predicted octanol–water partition coefficient (Wildman–Crippen LogP) is 2.34. The van der Waals surface area contributed by atoms with Crippen LogP contribution < -0.4 is 0 Å². The van der Waals surface area contributed by atoms with Crippen LogP contribution in [0.2, 0.25) is 0 Å². The van der Waals surface area contributed by atoms with Crippen molar-refractivity contribution in [1.82, 2.24) is 9.55 Å². The fraction of sp³-hybridized carbons (Fsp3) is 0.125. The second-order valence-corrected chi connectivity index (χ2v) is 3.30. The first kappa shape index (κ1) is 6.85. The molecule has 2 heterocycles. The Morgan fingerprint density at radius 2 is 2.36 bits per heavy atom. The summed E-state index contributed by atoms with van der Waals surface area (Å²) in [4.78, 5) is 4.14. The molecule has 0 amide bonds. The van der Waals surface area contributed by atoms with Crippen molar-refractivity contribution in [1.29, 1.82) is 0 Å².